The third-order valence-electron chi connectivity index (χ3n) is 3.48. The Bertz CT molecular complexity index is 715. The van der Waals surface area contributed by atoms with Crippen molar-refractivity contribution in [2.24, 2.45) is 0 Å². The zero-order valence-corrected chi connectivity index (χ0v) is 13.1. The third kappa shape index (κ3) is 4.67. The highest BCUT2D eigenvalue weighted by Crippen LogP contribution is 2.21. The highest BCUT2D eigenvalue weighted by Gasteiger charge is 2.21. The minimum Gasteiger partial charge on any atom is -0.399 e. The van der Waals surface area contributed by atoms with E-state index in [1.54, 1.807) is 17.2 Å². The second-order valence-electron chi connectivity index (χ2n) is 5.32. The van der Waals surface area contributed by atoms with Crippen molar-refractivity contribution in [1.29, 1.82) is 0 Å². The van der Waals surface area contributed by atoms with Gasteiger partial charge in [0.1, 0.15) is 5.82 Å². The number of nitrogens with two attached hydrogens (primary N) is 2. The fourth-order valence-electron chi connectivity index (χ4n) is 2.34. The number of nitro groups is 1. The summed E-state index contributed by atoms with van der Waals surface area (Å²) >= 11 is 0. The third-order valence-corrected chi connectivity index (χ3v) is 3.48. The van der Waals surface area contributed by atoms with Crippen LogP contribution in [0.4, 0.5) is 17.2 Å². The lowest BCUT2D eigenvalue weighted by Crippen LogP contribution is -2.27. The van der Waals surface area contributed by atoms with Gasteiger partial charge in [-0.05, 0) is 31.0 Å². The summed E-state index contributed by atoms with van der Waals surface area (Å²) in [5, 5.41) is 10.7. The first kappa shape index (κ1) is 17.2. The number of carbonyl (C=O) groups is 1. The number of non-ortho nitro benzene ring substituents is 1. The standard InChI is InChI=1S/C11H13N3O3.C5H6N2/c12-9-5-8(6-10(7-9)14(16)17)11(15)13-3-1-2-4-13;6-5-3-1-2-4-7-5/h5-7H,1-4,12H2;1-4H,(H2,6,7). The van der Waals surface area contributed by atoms with Crippen LogP contribution in [0.3, 0.4) is 0 Å². The normalized spacial score (nSPS) is 13.1. The molecular formula is C16H19N5O3. The van der Waals surface area contributed by atoms with E-state index in [4.69, 9.17) is 11.5 Å². The maximum atomic E-state index is 12.0. The minimum absolute atomic E-state index is 0.146. The lowest BCUT2D eigenvalue weighted by molar-refractivity contribution is -0.384. The van der Waals surface area contributed by atoms with Crippen LogP contribution in [0.25, 0.3) is 0 Å². The lowest BCUT2D eigenvalue weighted by atomic mass is 10.1. The molecule has 0 bridgehead atoms. The van der Waals surface area contributed by atoms with Gasteiger partial charge in [0.2, 0.25) is 0 Å². The number of hydrogen-bond acceptors (Lipinski definition) is 6. The topological polar surface area (TPSA) is 128 Å². The quantitative estimate of drug-likeness (QED) is 0.493. The Morgan fingerprint density at radius 3 is 2.38 bits per heavy atom. The molecule has 1 aliphatic heterocycles. The molecule has 1 amide bonds. The van der Waals surface area contributed by atoms with E-state index >= 15 is 0 Å². The average molecular weight is 329 g/mol. The van der Waals surface area contributed by atoms with Crippen LogP contribution in [0.1, 0.15) is 23.2 Å². The van der Waals surface area contributed by atoms with Gasteiger partial charge in [-0.25, -0.2) is 4.98 Å². The van der Waals surface area contributed by atoms with Crippen molar-refractivity contribution in [3.8, 4) is 0 Å². The van der Waals surface area contributed by atoms with Crippen LogP contribution in [0, 0.1) is 10.1 Å². The summed E-state index contributed by atoms with van der Waals surface area (Å²) in [6.45, 7) is 1.42. The maximum Gasteiger partial charge on any atom is 0.272 e. The molecule has 1 aromatic heterocycles. The number of carbonyl (C=O) groups excluding carboxylic acids is 1. The van der Waals surface area contributed by atoms with Gasteiger partial charge in [-0.2, -0.15) is 0 Å². The van der Waals surface area contributed by atoms with E-state index in [9.17, 15) is 14.9 Å². The molecular weight excluding hydrogens is 310 g/mol. The second-order valence-corrected chi connectivity index (χ2v) is 5.32. The highest BCUT2D eigenvalue weighted by atomic mass is 16.6. The van der Waals surface area contributed by atoms with E-state index in [1.807, 2.05) is 12.1 Å². The molecule has 2 aromatic rings. The molecule has 2 heterocycles. The molecule has 0 radical (unpaired) electrons. The van der Waals surface area contributed by atoms with E-state index in [-0.39, 0.29) is 17.3 Å². The molecule has 4 N–H and O–H groups in total. The largest absolute Gasteiger partial charge is 0.399 e. The zero-order valence-electron chi connectivity index (χ0n) is 13.1. The lowest BCUT2D eigenvalue weighted by Gasteiger charge is -2.15. The van der Waals surface area contributed by atoms with E-state index in [0.717, 1.165) is 12.8 Å². The average Bonchev–Trinajstić information content (AvgIpc) is 3.09. The number of hydrogen-bond donors (Lipinski definition) is 2. The van der Waals surface area contributed by atoms with E-state index in [0.29, 0.717) is 24.5 Å². The van der Waals surface area contributed by atoms with Crippen LogP contribution >= 0.6 is 0 Å². The Morgan fingerprint density at radius 1 is 1.17 bits per heavy atom. The molecule has 8 heteroatoms. The van der Waals surface area contributed by atoms with Crippen LogP contribution in [-0.2, 0) is 0 Å². The van der Waals surface area contributed by atoms with Gasteiger partial charge in [0.25, 0.3) is 11.6 Å². The Labute approximate surface area is 139 Å². The number of pyridine rings is 1. The number of anilines is 2. The molecule has 3 rings (SSSR count). The molecule has 0 atom stereocenters. The van der Waals surface area contributed by atoms with Gasteiger partial charge in [0.15, 0.2) is 0 Å². The summed E-state index contributed by atoms with van der Waals surface area (Å²) in [5.41, 5.74) is 11.2. The number of amides is 1. The molecule has 1 saturated heterocycles. The number of aromatic nitrogens is 1. The summed E-state index contributed by atoms with van der Waals surface area (Å²) in [6.07, 6.45) is 3.63. The van der Waals surface area contributed by atoms with Crippen LogP contribution in [0.15, 0.2) is 42.6 Å². The summed E-state index contributed by atoms with van der Waals surface area (Å²) in [6, 6.07) is 9.43. The Balaban J connectivity index is 0.000000249. The molecule has 1 aliphatic rings. The highest BCUT2D eigenvalue weighted by molar-refractivity contribution is 5.96. The number of likely N-dealkylation sites (tertiary alicyclic amines) is 1. The summed E-state index contributed by atoms with van der Waals surface area (Å²) < 4.78 is 0. The van der Waals surface area contributed by atoms with Crippen molar-refractivity contribution in [1.82, 2.24) is 9.88 Å². The Hall–Kier alpha value is -3.16. The number of nitro benzene ring substituents is 1. The number of rotatable bonds is 2. The van der Waals surface area contributed by atoms with Gasteiger partial charge in [0.05, 0.1) is 4.92 Å². The fourth-order valence-corrected chi connectivity index (χ4v) is 2.34. The van der Waals surface area contributed by atoms with Crippen molar-refractivity contribution >= 4 is 23.1 Å². The Morgan fingerprint density at radius 2 is 1.88 bits per heavy atom. The first-order chi connectivity index (χ1) is 11.5. The van der Waals surface area contributed by atoms with Crippen LogP contribution in [-0.4, -0.2) is 33.8 Å². The van der Waals surface area contributed by atoms with Crippen molar-refractivity contribution < 1.29 is 9.72 Å². The van der Waals surface area contributed by atoms with Gasteiger partial charge in [0, 0.05) is 42.7 Å². The summed E-state index contributed by atoms with van der Waals surface area (Å²) in [5.74, 6) is 0.389. The SMILES string of the molecule is Nc1cc(C(=O)N2CCCC2)cc([N+](=O)[O-])c1.Nc1ccccn1. The fraction of sp³-hybridized carbons (Fsp3) is 0.250. The summed E-state index contributed by atoms with van der Waals surface area (Å²) in [7, 11) is 0. The molecule has 0 unspecified atom stereocenters. The second kappa shape index (κ2) is 7.91. The van der Waals surface area contributed by atoms with Gasteiger partial charge < -0.3 is 16.4 Å². The smallest absolute Gasteiger partial charge is 0.272 e. The predicted octanol–water partition coefficient (Wildman–Crippen LogP) is 2.08. The van der Waals surface area contributed by atoms with Crippen LogP contribution < -0.4 is 11.5 Å². The first-order valence-electron chi connectivity index (χ1n) is 7.48. The van der Waals surface area contributed by atoms with Gasteiger partial charge in [-0.3, -0.25) is 14.9 Å². The van der Waals surface area contributed by atoms with Crippen molar-refractivity contribution in [3.05, 3.63) is 58.3 Å². The van der Waals surface area contributed by atoms with Gasteiger partial charge in [-0.15, -0.1) is 0 Å². The maximum absolute atomic E-state index is 12.0. The van der Waals surface area contributed by atoms with E-state index in [2.05, 4.69) is 4.98 Å². The van der Waals surface area contributed by atoms with Crippen molar-refractivity contribution in [2.45, 2.75) is 12.8 Å². The predicted molar refractivity (Wildman–Crippen MR) is 91.3 cm³/mol. The number of nitrogen functional groups attached to an aromatic ring is 2. The molecule has 0 saturated carbocycles. The molecule has 1 fully saturated rings. The molecule has 0 aliphatic carbocycles. The molecule has 126 valence electrons. The molecule has 24 heavy (non-hydrogen) atoms. The van der Waals surface area contributed by atoms with Gasteiger partial charge in [-0.1, -0.05) is 6.07 Å². The van der Waals surface area contributed by atoms with Crippen LogP contribution in [0.2, 0.25) is 0 Å². The molecule has 1 aromatic carbocycles. The monoisotopic (exact) mass is 329 g/mol. The van der Waals surface area contributed by atoms with Crippen molar-refractivity contribution in [3.63, 3.8) is 0 Å². The van der Waals surface area contributed by atoms with Gasteiger partial charge >= 0.3 is 0 Å². The molecule has 8 nitrogen and oxygen atoms in total. The zero-order chi connectivity index (χ0) is 17.5. The summed E-state index contributed by atoms with van der Waals surface area (Å²) in [4.78, 5) is 27.6. The number of nitrogens with zero attached hydrogens (tertiary/aromatic N) is 3. The van der Waals surface area contributed by atoms with E-state index < -0.39 is 4.92 Å². The van der Waals surface area contributed by atoms with E-state index in [1.165, 1.54) is 18.2 Å². The first-order valence-corrected chi connectivity index (χ1v) is 7.48. The van der Waals surface area contributed by atoms with Crippen molar-refractivity contribution in [2.75, 3.05) is 24.6 Å². The molecule has 0 spiro atoms. The number of benzene rings is 1. The Kier molecular flexibility index (Phi) is 5.67. The van der Waals surface area contributed by atoms with Crippen LogP contribution in [0.5, 0.6) is 0 Å². The minimum atomic E-state index is -0.545.